The highest BCUT2D eigenvalue weighted by Crippen LogP contribution is 2.08. The first-order chi connectivity index (χ1) is 9.62. The van der Waals surface area contributed by atoms with Gasteiger partial charge in [0.15, 0.2) is 5.69 Å². The number of nitrogens with two attached hydrogens (primary N) is 1. The lowest BCUT2D eigenvalue weighted by Gasteiger charge is -2.17. The Labute approximate surface area is 119 Å². The first kappa shape index (κ1) is 16.4. The molecule has 0 saturated heterocycles. The second kappa shape index (κ2) is 8.52. The van der Waals surface area contributed by atoms with Crippen LogP contribution >= 0.6 is 0 Å². The number of nitrogen functional groups attached to an aromatic ring is 1. The summed E-state index contributed by atoms with van der Waals surface area (Å²) < 4.78 is 13.6. The molecule has 0 aliphatic heterocycles. The molecule has 0 atom stereocenters. The van der Waals surface area contributed by atoms with Crippen LogP contribution in [0.3, 0.4) is 0 Å². The Kier molecular flexibility index (Phi) is 7.00. The molecule has 0 spiro atoms. The third kappa shape index (κ3) is 4.80. The van der Waals surface area contributed by atoms with Crippen LogP contribution in [0.25, 0.3) is 0 Å². The lowest BCUT2D eigenvalue weighted by atomic mass is 10.3. The van der Waals surface area contributed by atoms with E-state index in [2.05, 4.69) is 29.2 Å². The van der Waals surface area contributed by atoms with Crippen molar-refractivity contribution >= 4 is 11.6 Å². The molecular formula is C13H24FN5O. The lowest BCUT2D eigenvalue weighted by Crippen LogP contribution is -2.30. The van der Waals surface area contributed by atoms with E-state index in [0.717, 1.165) is 26.1 Å². The van der Waals surface area contributed by atoms with Crippen LogP contribution in [0, 0.1) is 0 Å². The van der Waals surface area contributed by atoms with Gasteiger partial charge in [0.1, 0.15) is 6.67 Å². The van der Waals surface area contributed by atoms with Crippen molar-refractivity contribution < 1.29 is 9.18 Å². The summed E-state index contributed by atoms with van der Waals surface area (Å²) in [5.74, 6) is -0.306. The van der Waals surface area contributed by atoms with Gasteiger partial charge in [-0.05, 0) is 26.1 Å². The molecule has 0 bridgehead atoms. The molecule has 1 aromatic rings. The average Bonchev–Trinajstić information content (AvgIpc) is 2.80. The summed E-state index contributed by atoms with van der Waals surface area (Å²) in [6.07, 6.45) is 2.35. The zero-order chi connectivity index (χ0) is 15.0. The molecule has 0 aliphatic carbocycles. The Hall–Kier alpha value is -1.63. The molecule has 1 aromatic heterocycles. The lowest BCUT2D eigenvalue weighted by molar-refractivity contribution is 0.0946. The zero-order valence-electron chi connectivity index (χ0n) is 12.2. The molecule has 0 radical (unpaired) electrons. The van der Waals surface area contributed by atoms with Crippen LogP contribution in [0.1, 0.15) is 30.8 Å². The standard InChI is InChI=1S/C13H24FN5O/c1-3-18(4-2)8-5-7-16-13(20)12-11(15)10-19(17-12)9-6-14/h10H,3-9,15H2,1-2H3,(H,16,20). The summed E-state index contributed by atoms with van der Waals surface area (Å²) in [7, 11) is 0. The maximum atomic E-state index is 12.2. The van der Waals surface area contributed by atoms with E-state index < -0.39 is 6.67 Å². The summed E-state index contributed by atoms with van der Waals surface area (Å²) in [5.41, 5.74) is 6.14. The summed E-state index contributed by atoms with van der Waals surface area (Å²) in [6, 6.07) is 0. The van der Waals surface area contributed by atoms with Gasteiger partial charge in [0.25, 0.3) is 5.91 Å². The summed E-state index contributed by atoms with van der Waals surface area (Å²) >= 11 is 0. The van der Waals surface area contributed by atoms with E-state index in [9.17, 15) is 9.18 Å². The van der Waals surface area contributed by atoms with E-state index in [4.69, 9.17) is 5.73 Å². The zero-order valence-corrected chi connectivity index (χ0v) is 12.2. The van der Waals surface area contributed by atoms with Gasteiger partial charge in [-0.2, -0.15) is 5.10 Å². The van der Waals surface area contributed by atoms with Crippen molar-refractivity contribution in [1.82, 2.24) is 20.0 Å². The molecule has 0 aromatic carbocycles. The fourth-order valence-corrected chi connectivity index (χ4v) is 1.94. The van der Waals surface area contributed by atoms with Crippen molar-refractivity contribution in [2.24, 2.45) is 0 Å². The van der Waals surface area contributed by atoms with Crippen molar-refractivity contribution in [2.45, 2.75) is 26.8 Å². The Balaban J connectivity index is 2.39. The summed E-state index contributed by atoms with van der Waals surface area (Å²) in [6.45, 7) is 7.33. The number of carbonyl (C=O) groups excluding carboxylic acids is 1. The number of alkyl halides is 1. The molecule has 0 unspecified atom stereocenters. The molecule has 0 aliphatic rings. The van der Waals surface area contributed by atoms with Crippen LogP contribution in [0.4, 0.5) is 10.1 Å². The van der Waals surface area contributed by atoms with Gasteiger partial charge < -0.3 is 16.0 Å². The maximum absolute atomic E-state index is 12.2. The van der Waals surface area contributed by atoms with Crippen molar-refractivity contribution in [3.05, 3.63) is 11.9 Å². The summed E-state index contributed by atoms with van der Waals surface area (Å²) in [5, 5.41) is 6.76. The summed E-state index contributed by atoms with van der Waals surface area (Å²) in [4.78, 5) is 14.2. The number of amides is 1. The fourth-order valence-electron chi connectivity index (χ4n) is 1.94. The highest BCUT2D eigenvalue weighted by Gasteiger charge is 2.14. The van der Waals surface area contributed by atoms with Crippen molar-refractivity contribution in [3.63, 3.8) is 0 Å². The molecule has 114 valence electrons. The van der Waals surface area contributed by atoms with Crippen molar-refractivity contribution in [2.75, 3.05) is 38.6 Å². The molecule has 7 heteroatoms. The van der Waals surface area contributed by atoms with Gasteiger partial charge in [0.05, 0.1) is 12.2 Å². The molecule has 1 heterocycles. The molecule has 1 amide bonds. The highest BCUT2D eigenvalue weighted by molar-refractivity contribution is 5.96. The number of aryl methyl sites for hydroxylation is 1. The first-order valence-corrected chi connectivity index (χ1v) is 7.01. The molecule has 20 heavy (non-hydrogen) atoms. The highest BCUT2D eigenvalue weighted by atomic mass is 19.1. The van der Waals surface area contributed by atoms with Crippen LogP contribution in [0.5, 0.6) is 0 Å². The number of hydrogen-bond donors (Lipinski definition) is 2. The minimum Gasteiger partial charge on any atom is -0.396 e. The minimum atomic E-state index is -0.536. The van der Waals surface area contributed by atoms with Gasteiger partial charge in [-0.3, -0.25) is 9.48 Å². The predicted octanol–water partition coefficient (Wildman–Crippen LogP) is 0.897. The van der Waals surface area contributed by atoms with Crippen LogP contribution in [-0.4, -0.2) is 53.4 Å². The predicted molar refractivity (Wildman–Crippen MR) is 77.4 cm³/mol. The van der Waals surface area contributed by atoms with Gasteiger partial charge in [0.2, 0.25) is 0 Å². The van der Waals surface area contributed by atoms with Crippen LogP contribution < -0.4 is 11.1 Å². The van der Waals surface area contributed by atoms with Gasteiger partial charge in [-0.1, -0.05) is 13.8 Å². The average molecular weight is 285 g/mol. The van der Waals surface area contributed by atoms with Gasteiger partial charge in [-0.15, -0.1) is 0 Å². The maximum Gasteiger partial charge on any atom is 0.273 e. The monoisotopic (exact) mass is 285 g/mol. The third-order valence-electron chi connectivity index (χ3n) is 3.15. The van der Waals surface area contributed by atoms with Crippen LogP contribution in [0.15, 0.2) is 6.20 Å². The Morgan fingerprint density at radius 3 is 2.80 bits per heavy atom. The number of anilines is 1. The molecule has 1 rings (SSSR count). The number of aromatic nitrogens is 2. The van der Waals surface area contributed by atoms with E-state index >= 15 is 0 Å². The molecule has 0 saturated carbocycles. The topological polar surface area (TPSA) is 76.2 Å². The number of hydrogen-bond acceptors (Lipinski definition) is 4. The Morgan fingerprint density at radius 1 is 1.50 bits per heavy atom. The smallest absolute Gasteiger partial charge is 0.273 e. The molecule has 3 N–H and O–H groups in total. The number of halogens is 1. The first-order valence-electron chi connectivity index (χ1n) is 7.01. The largest absolute Gasteiger partial charge is 0.396 e. The quantitative estimate of drug-likeness (QED) is 0.661. The van der Waals surface area contributed by atoms with Crippen molar-refractivity contribution in [3.8, 4) is 0 Å². The van der Waals surface area contributed by atoms with E-state index in [1.165, 1.54) is 10.9 Å². The minimum absolute atomic E-state index is 0.111. The van der Waals surface area contributed by atoms with Gasteiger partial charge in [0, 0.05) is 12.7 Å². The fraction of sp³-hybridized carbons (Fsp3) is 0.692. The number of rotatable bonds is 9. The van der Waals surface area contributed by atoms with E-state index in [1.54, 1.807) is 0 Å². The molecular weight excluding hydrogens is 261 g/mol. The number of nitrogens with one attached hydrogen (secondary N) is 1. The van der Waals surface area contributed by atoms with Gasteiger partial charge in [-0.25, -0.2) is 4.39 Å². The van der Waals surface area contributed by atoms with Crippen molar-refractivity contribution in [1.29, 1.82) is 0 Å². The SMILES string of the molecule is CCN(CC)CCCNC(=O)c1nn(CCF)cc1N. The van der Waals surface area contributed by atoms with Crippen LogP contribution in [0.2, 0.25) is 0 Å². The van der Waals surface area contributed by atoms with Crippen LogP contribution in [-0.2, 0) is 6.54 Å². The van der Waals surface area contributed by atoms with E-state index in [0.29, 0.717) is 6.54 Å². The second-order valence-corrected chi connectivity index (χ2v) is 4.52. The van der Waals surface area contributed by atoms with E-state index in [-0.39, 0.29) is 23.8 Å². The Morgan fingerprint density at radius 2 is 2.20 bits per heavy atom. The molecule has 6 nitrogen and oxygen atoms in total. The number of nitrogens with zero attached hydrogens (tertiary/aromatic N) is 3. The number of carbonyl (C=O) groups is 1. The van der Waals surface area contributed by atoms with E-state index in [1.807, 2.05) is 0 Å². The third-order valence-corrected chi connectivity index (χ3v) is 3.15. The Bertz CT molecular complexity index is 417. The normalized spacial score (nSPS) is 11.0. The van der Waals surface area contributed by atoms with Gasteiger partial charge >= 0.3 is 0 Å². The second-order valence-electron chi connectivity index (χ2n) is 4.52. The molecule has 0 fully saturated rings.